The van der Waals surface area contributed by atoms with Gasteiger partial charge < -0.3 is 28.8 Å². The molecule has 8 rings (SSSR count). The largest absolute Gasteiger partial charge is 0.481 e. The highest BCUT2D eigenvalue weighted by atomic mass is 79.9. The fourth-order valence-electron chi connectivity index (χ4n) is 9.89. The lowest BCUT2D eigenvalue weighted by atomic mass is 9.93. The molecule has 2 aromatic carbocycles. The number of ether oxygens (including phenoxy) is 1. The van der Waals surface area contributed by atoms with Gasteiger partial charge in [-0.05, 0) is 170 Å². The number of piperidine rings is 2. The molecule has 1 N–H and O–H groups in total. The Morgan fingerprint density at radius 1 is 0.613 bits per heavy atom. The van der Waals surface area contributed by atoms with E-state index in [1.807, 2.05) is 13.8 Å². The van der Waals surface area contributed by atoms with Crippen LogP contribution in [-0.2, 0) is 14.3 Å². The highest BCUT2D eigenvalue weighted by Gasteiger charge is 2.27. The SMILES string of the molecule is CCOC(=O)CC1CCN(c2cc(C)nc3c2c(C)cn3-c2c(C)cc(Br)cc2C)CC1.Cc1cc(N2CCC(CC(=O)O)CC2)c2c(C)cn(-c3c(C)cc(Br)cc3C)c2n1. The molecule has 0 amide bonds. The van der Waals surface area contributed by atoms with Gasteiger partial charge in [-0.15, -0.1) is 0 Å². The molecule has 62 heavy (non-hydrogen) atoms. The summed E-state index contributed by atoms with van der Waals surface area (Å²) >= 11 is 7.22. The van der Waals surface area contributed by atoms with Crippen molar-refractivity contribution in [2.45, 2.75) is 101 Å². The number of carbonyl (C=O) groups excluding carboxylic acids is 1. The number of rotatable bonds is 9. The first-order chi connectivity index (χ1) is 29.5. The molecular weight excluding hydrogens is 908 g/mol. The minimum atomic E-state index is -0.691. The molecule has 12 heteroatoms. The number of hydrogen-bond donors (Lipinski definition) is 1. The van der Waals surface area contributed by atoms with Gasteiger partial charge in [-0.25, -0.2) is 9.97 Å². The molecule has 2 saturated heterocycles. The molecule has 6 heterocycles. The van der Waals surface area contributed by atoms with E-state index in [4.69, 9.17) is 19.8 Å². The fourth-order valence-corrected chi connectivity index (χ4v) is 11.3. The molecule has 0 radical (unpaired) electrons. The van der Waals surface area contributed by atoms with E-state index in [0.717, 1.165) is 83.5 Å². The monoisotopic (exact) mass is 966 g/mol. The summed E-state index contributed by atoms with van der Waals surface area (Å²) in [5, 5.41) is 11.5. The minimum absolute atomic E-state index is 0.0683. The highest BCUT2D eigenvalue weighted by Crippen LogP contribution is 2.39. The lowest BCUT2D eigenvalue weighted by Gasteiger charge is -2.34. The number of nitrogens with zero attached hydrogens (tertiary/aromatic N) is 6. The molecule has 10 nitrogen and oxygen atoms in total. The highest BCUT2D eigenvalue weighted by molar-refractivity contribution is 9.10. The summed E-state index contributed by atoms with van der Waals surface area (Å²) < 4.78 is 11.8. The standard InChI is InChI=1S/C26H32BrN3O2.C24H28BrN3O2/c1-6-32-23(31)14-20-7-9-29(10-8-20)22-13-19(5)28-26-24(22)18(4)15-30(26)25-16(2)11-21(27)12-17(25)3;1-14-9-19(25)10-15(2)23(14)28-13-16(3)22-20(11-17(4)26-24(22)28)27-7-5-18(6-8-27)12-21(29)30/h11-13,15,20H,6-10,14H2,1-5H3;9-11,13,18H,5-8,12H2,1-4H3,(H,29,30). The van der Waals surface area contributed by atoms with Crippen LogP contribution in [0.1, 0.15) is 90.2 Å². The number of carboxylic acids is 1. The number of hydrogen-bond acceptors (Lipinski definition) is 7. The number of aryl methyl sites for hydroxylation is 8. The van der Waals surface area contributed by atoms with Crippen LogP contribution in [-0.4, -0.2) is 68.9 Å². The lowest BCUT2D eigenvalue weighted by Crippen LogP contribution is -2.34. The maximum absolute atomic E-state index is 11.9. The van der Waals surface area contributed by atoms with Gasteiger partial charge in [0.25, 0.3) is 0 Å². The Labute approximate surface area is 382 Å². The van der Waals surface area contributed by atoms with Crippen LogP contribution in [0.5, 0.6) is 0 Å². The Kier molecular flexibility index (Phi) is 13.9. The zero-order valence-corrected chi connectivity index (χ0v) is 40.8. The van der Waals surface area contributed by atoms with Crippen LogP contribution in [0.25, 0.3) is 33.4 Å². The van der Waals surface area contributed by atoms with Gasteiger partial charge in [0.1, 0.15) is 11.3 Å². The maximum atomic E-state index is 11.9. The van der Waals surface area contributed by atoms with E-state index < -0.39 is 5.97 Å². The first-order valence-electron chi connectivity index (χ1n) is 21.9. The lowest BCUT2D eigenvalue weighted by molar-refractivity contribution is -0.144. The quantitative estimate of drug-likeness (QED) is 0.143. The third kappa shape index (κ3) is 9.61. The second-order valence-corrected chi connectivity index (χ2v) is 19.4. The fraction of sp³-hybridized carbons (Fsp3) is 0.440. The van der Waals surface area contributed by atoms with Gasteiger partial charge in [-0.1, -0.05) is 31.9 Å². The first kappa shape index (κ1) is 45.3. The number of esters is 1. The summed E-state index contributed by atoms with van der Waals surface area (Å²) in [6, 6.07) is 13.0. The molecule has 0 unspecified atom stereocenters. The van der Waals surface area contributed by atoms with Crippen LogP contribution >= 0.6 is 31.9 Å². The number of aliphatic carboxylic acids is 1. The molecule has 4 aromatic heterocycles. The van der Waals surface area contributed by atoms with Crippen LogP contribution in [0.15, 0.2) is 57.7 Å². The third-order valence-corrected chi connectivity index (χ3v) is 13.5. The molecule has 0 atom stereocenters. The number of pyridine rings is 2. The van der Waals surface area contributed by atoms with Crippen molar-refractivity contribution in [1.82, 2.24) is 19.1 Å². The molecule has 2 aliphatic rings. The molecule has 2 fully saturated rings. The third-order valence-electron chi connectivity index (χ3n) is 12.6. The van der Waals surface area contributed by atoms with Crippen LogP contribution in [0.2, 0.25) is 0 Å². The van der Waals surface area contributed by atoms with Crippen molar-refractivity contribution in [2.75, 3.05) is 42.6 Å². The number of carboxylic acid groups (broad SMARTS) is 1. The smallest absolute Gasteiger partial charge is 0.306 e. The van der Waals surface area contributed by atoms with Gasteiger partial charge in [0, 0.05) is 93.9 Å². The van der Waals surface area contributed by atoms with Crippen LogP contribution in [0.3, 0.4) is 0 Å². The van der Waals surface area contributed by atoms with Crippen LogP contribution < -0.4 is 9.80 Å². The zero-order valence-electron chi connectivity index (χ0n) is 37.7. The Bertz CT molecular complexity index is 2600. The van der Waals surface area contributed by atoms with E-state index >= 15 is 0 Å². The van der Waals surface area contributed by atoms with E-state index in [9.17, 15) is 9.59 Å². The summed E-state index contributed by atoms with van der Waals surface area (Å²) in [6.45, 7) is 23.0. The molecule has 0 spiro atoms. The second-order valence-electron chi connectivity index (χ2n) is 17.6. The Morgan fingerprint density at radius 3 is 1.34 bits per heavy atom. The Hall–Kier alpha value is -4.68. The molecule has 6 aromatic rings. The Morgan fingerprint density at radius 2 is 0.984 bits per heavy atom. The van der Waals surface area contributed by atoms with Gasteiger partial charge in [-0.3, -0.25) is 9.59 Å². The van der Waals surface area contributed by atoms with E-state index in [2.05, 4.69) is 148 Å². The van der Waals surface area contributed by atoms with Crippen molar-refractivity contribution in [3.05, 3.63) is 103 Å². The van der Waals surface area contributed by atoms with Crippen molar-refractivity contribution < 1.29 is 19.4 Å². The van der Waals surface area contributed by atoms with Gasteiger partial charge in [0.05, 0.1) is 18.0 Å². The van der Waals surface area contributed by atoms with E-state index in [0.29, 0.717) is 18.9 Å². The average molecular weight is 969 g/mol. The van der Waals surface area contributed by atoms with Gasteiger partial charge in [0.15, 0.2) is 0 Å². The molecule has 0 aliphatic carbocycles. The second kappa shape index (κ2) is 19.0. The van der Waals surface area contributed by atoms with Crippen molar-refractivity contribution in [3.63, 3.8) is 0 Å². The Balaban J connectivity index is 0.000000187. The maximum Gasteiger partial charge on any atom is 0.306 e. The summed E-state index contributed by atoms with van der Waals surface area (Å²) in [5.41, 5.74) is 16.2. The molecule has 2 aliphatic heterocycles. The molecule has 328 valence electrons. The topological polar surface area (TPSA) is 106 Å². The molecule has 0 saturated carbocycles. The number of benzene rings is 2. The average Bonchev–Trinajstić information content (AvgIpc) is 3.69. The van der Waals surface area contributed by atoms with Crippen LogP contribution in [0, 0.1) is 67.2 Å². The summed E-state index contributed by atoms with van der Waals surface area (Å²) in [7, 11) is 0. The predicted octanol–water partition coefficient (Wildman–Crippen LogP) is 11.9. The summed E-state index contributed by atoms with van der Waals surface area (Å²) in [5.74, 6) is -0.0802. The predicted molar refractivity (Wildman–Crippen MR) is 259 cm³/mol. The van der Waals surface area contributed by atoms with Crippen LogP contribution in [0.4, 0.5) is 11.4 Å². The van der Waals surface area contributed by atoms with E-state index in [-0.39, 0.29) is 18.3 Å². The zero-order chi connectivity index (χ0) is 44.6. The molecular formula is C50H60Br2N6O4. The number of aromatic nitrogens is 4. The summed E-state index contributed by atoms with van der Waals surface area (Å²) in [4.78, 5) is 37.7. The van der Waals surface area contributed by atoms with Gasteiger partial charge in [0.2, 0.25) is 0 Å². The molecule has 0 bridgehead atoms. The first-order valence-corrected chi connectivity index (χ1v) is 23.5. The van der Waals surface area contributed by atoms with E-state index in [1.54, 1.807) is 0 Å². The van der Waals surface area contributed by atoms with Crippen molar-refractivity contribution >= 4 is 77.2 Å². The number of halogens is 2. The minimum Gasteiger partial charge on any atom is -0.481 e. The number of carbonyl (C=O) groups is 2. The van der Waals surface area contributed by atoms with Crippen molar-refractivity contribution in [1.29, 1.82) is 0 Å². The number of anilines is 2. The van der Waals surface area contributed by atoms with Gasteiger partial charge in [-0.2, -0.15) is 0 Å². The summed E-state index contributed by atoms with van der Waals surface area (Å²) in [6.07, 6.45) is 9.07. The normalized spacial score (nSPS) is 15.0. The number of fused-ring (bicyclic) bond motifs is 2. The van der Waals surface area contributed by atoms with Crippen molar-refractivity contribution in [2.24, 2.45) is 11.8 Å². The van der Waals surface area contributed by atoms with Gasteiger partial charge >= 0.3 is 11.9 Å². The van der Waals surface area contributed by atoms with E-state index in [1.165, 1.54) is 66.9 Å². The van der Waals surface area contributed by atoms with Crippen molar-refractivity contribution in [3.8, 4) is 11.4 Å².